The van der Waals surface area contributed by atoms with Crippen molar-refractivity contribution >= 4 is 81.8 Å². The molecule has 0 aliphatic rings. The summed E-state index contributed by atoms with van der Waals surface area (Å²) in [6.45, 7) is 0. The Morgan fingerprint density at radius 1 is 1.00 bits per heavy atom. The average Bonchev–Trinajstić information content (AvgIpc) is 0.811. The van der Waals surface area contributed by atoms with Crippen LogP contribution in [0.3, 0.4) is 0 Å². The zero-order valence-electron chi connectivity index (χ0n) is 1.47. The molecule has 0 aromatic heterocycles. The van der Waals surface area contributed by atoms with Gasteiger partial charge in [0.1, 0.15) is 0 Å². The first-order valence-corrected chi connectivity index (χ1v) is 4.68. The van der Waals surface area contributed by atoms with Gasteiger partial charge in [0.2, 0.25) is 0 Å². The molecule has 0 bridgehead atoms. The molecule has 0 aliphatic carbocycles. The molecule has 0 aromatic carbocycles. The molecule has 0 radical (unpaired) electrons. The van der Waals surface area contributed by atoms with Crippen LogP contribution in [0.4, 0.5) is 0 Å². The van der Waals surface area contributed by atoms with Crippen LogP contribution in [0.5, 0.6) is 0 Å². The summed E-state index contributed by atoms with van der Waals surface area (Å²) in [5, 5.41) is 0. The van der Waals surface area contributed by atoms with E-state index in [0.29, 0.717) is 0 Å². The van der Waals surface area contributed by atoms with E-state index < -0.39 is 10.9 Å². The molecule has 5 heteroatoms. The van der Waals surface area contributed by atoms with Crippen LogP contribution in [0.1, 0.15) is 0 Å². The van der Waals surface area contributed by atoms with Gasteiger partial charge in [0.25, 0.3) is 0 Å². The molecule has 0 atom stereocenters. The second kappa shape index (κ2) is 7.01. The fourth-order valence-corrected chi connectivity index (χ4v) is 0. The summed E-state index contributed by atoms with van der Waals surface area (Å²) in [5.41, 5.74) is 0. The van der Waals surface area contributed by atoms with Gasteiger partial charge in [-0.2, -0.15) is 0 Å². The van der Waals surface area contributed by atoms with Crippen molar-refractivity contribution in [3.63, 3.8) is 0 Å². The van der Waals surface area contributed by atoms with Crippen molar-refractivity contribution in [1.29, 1.82) is 0 Å². The van der Waals surface area contributed by atoms with Crippen molar-refractivity contribution in [3.05, 3.63) is 0 Å². The van der Waals surface area contributed by atoms with E-state index >= 15 is 0 Å². The van der Waals surface area contributed by atoms with Gasteiger partial charge in [-0.1, -0.05) is 0 Å². The van der Waals surface area contributed by atoms with Gasteiger partial charge in [-0.25, -0.2) is 0 Å². The number of rotatable bonds is 0. The summed E-state index contributed by atoms with van der Waals surface area (Å²) in [6.07, 6.45) is 0. The van der Waals surface area contributed by atoms with Crippen LogP contribution in [0, 0.1) is 0 Å². The third kappa shape index (κ3) is 19.4. The van der Waals surface area contributed by atoms with Crippen LogP contribution >= 0.6 is 30.4 Å². The Kier molecular flexibility index (Phi) is 15.3. The van der Waals surface area contributed by atoms with Gasteiger partial charge in [-0.15, -0.1) is 0 Å². The van der Waals surface area contributed by atoms with Crippen molar-refractivity contribution in [2.45, 2.75) is 0 Å². The molecule has 0 N–H and O–H groups in total. The molecule has 0 nitrogen and oxygen atoms in total. The van der Waals surface area contributed by atoms with Gasteiger partial charge >= 0.3 is 92.8 Å². The van der Waals surface area contributed by atoms with Gasteiger partial charge in [-0.05, 0) is 0 Å². The normalized spacial score (nSPS) is 9.00. The summed E-state index contributed by atoms with van der Waals surface area (Å²) >= 11 is 0. The van der Waals surface area contributed by atoms with E-state index in [4.69, 9.17) is 30.4 Å². The van der Waals surface area contributed by atoms with Crippen LogP contribution < -0.4 is 0 Å². The molecular weight excluding hydrogens is 204 g/mol. The second-order valence-corrected chi connectivity index (χ2v) is 5.30. The monoisotopic (exact) mass is 204 g/mol. The molecular formula is HCl3CoK. The van der Waals surface area contributed by atoms with Gasteiger partial charge in [0.05, 0.1) is 0 Å². The van der Waals surface area contributed by atoms with Crippen molar-refractivity contribution in [1.82, 2.24) is 0 Å². The van der Waals surface area contributed by atoms with E-state index in [1.165, 1.54) is 0 Å². The summed E-state index contributed by atoms with van der Waals surface area (Å²) in [5.74, 6) is 0. The first-order valence-electron chi connectivity index (χ1n) is 0.378. The van der Waals surface area contributed by atoms with E-state index in [1.54, 1.807) is 0 Å². The summed E-state index contributed by atoms with van der Waals surface area (Å²) in [4.78, 5) is 0. The maximum absolute atomic E-state index is 4.87. The van der Waals surface area contributed by atoms with Crippen LogP contribution in [-0.2, 0) is 10.9 Å². The molecule has 32 valence electrons. The predicted octanol–water partition coefficient (Wildman–Crippen LogP) is 1.42. The molecule has 0 spiro atoms. The van der Waals surface area contributed by atoms with Crippen LogP contribution in [0.15, 0.2) is 0 Å². The van der Waals surface area contributed by atoms with Crippen LogP contribution in [0.25, 0.3) is 0 Å². The number of hydrogen-bond donors (Lipinski definition) is 0. The van der Waals surface area contributed by atoms with Crippen molar-refractivity contribution < 1.29 is 10.9 Å². The fourth-order valence-electron chi connectivity index (χ4n) is 0. The quantitative estimate of drug-likeness (QED) is 0.525. The van der Waals surface area contributed by atoms with E-state index in [-0.39, 0.29) is 51.4 Å². The fraction of sp³-hybridized carbons (Fsp3) is 0. The summed E-state index contributed by atoms with van der Waals surface area (Å²) in [7, 11) is 13.4. The first kappa shape index (κ1) is 10.9. The topological polar surface area (TPSA) is 0 Å². The van der Waals surface area contributed by atoms with E-state index in [2.05, 4.69) is 0 Å². The van der Waals surface area contributed by atoms with Crippen LogP contribution in [-0.4, -0.2) is 51.4 Å². The minimum absolute atomic E-state index is 0. The molecule has 0 heterocycles. The Hall–Kier alpha value is 3.01. The van der Waals surface area contributed by atoms with Crippen molar-refractivity contribution in [2.24, 2.45) is 0 Å². The van der Waals surface area contributed by atoms with E-state index in [0.717, 1.165) is 0 Å². The first-order chi connectivity index (χ1) is 1.73. The third-order valence-corrected chi connectivity index (χ3v) is 0. The average molecular weight is 205 g/mol. The number of halogens is 3. The molecule has 0 fully saturated rings. The zero-order valence-corrected chi connectivity index (χ0v) is 4.78. The van der Waals surface area contributed by atoms with E-state index in [9.17, 15) is 0 Å². The summed E-state index contributed by atoms with van der Waals surface area (Å²) in [6, 6.07) is 0. The van der Waals surface area contributed by atoms with Crippen LogP contribution in [0.2, 0.25) is 0 Å². The van der Waals surface area contributed by atoms with Gasteiger partial charge in [-0.3, -0.25) is 0 Å². The second-order valence-electron chi connectivity index (χ2n) is 0.143. The molecule has 0 aliphatic heterocycles. The predicted molar refractivity (Wildman–Crippen MR) is 24.7 cm³/mol. The SMILES string of the molecule is [Cl][Co]([Cl])[Cl].[KH]. The molecule has 0 amide bonds. The number of hydrogen-bond acceptors (Lipinski definition) is 0. The van der Waals surface area contributed by atoms with Gasteiger partial charge < -0.3 is 0 Å². The molecule has 0 aromatic rings. The molecule has 0 saturated heterocycles. The molecule has 0 saturated carbocycles. The van der Waals surface area contributed by atoms with Gasteiger partial charge in [0, 0.05) is 0 Å². The molecule has 0 rings (SSSR count). The Balaban J connectivity index is 0. The Bertz CT molecular complexity index is 11.6. The molecule has 0 unspecified atom stereocenters. The third-order valence-electron chi connectivity index (χ3n) is 0. The zero-order chi connectivity index (χ0) is 3.58. The van der Waals surface area contributed by atoms with Crippen molar-refractivity contribution in [2.75, 3.05) is 0 Å². The summed E-state index contributed by atoms with van der Waals surface area (Å²) < 4.78 is 0. The van der Waals surface area contributed by atoms with E-state index in [1.807, 2.05) is 0 Å². The standard InChI is InChI=1S/3ClH.Co.K.H/h3*1H;;;/q;;;+3;;/p-3. The molecule has 5 heavy (non-hydrogen) atoms. The Morgan fingerprint density at radius 3 is 1.00 bits per heavy atom. The Labute approximate surface area is 90.5 Å². The minimum atomic E-state index is -1.19. The maximum atomic E-state index is 4.87. The van der Waals surface area contributed by atoms with Crippen molar-refractivity contribution in [3.8, 4) is 0 Å². The van der Waals surface area contributed by atoms with Gasteiger partial charge in [0.15, 0.2) is 0 Å². The Morgan fingerprint density at radius 2 is 1.00 bits per heavy atom.